The molecular formula is C9H13N3O. The van der Waals surface area contributed by atoms with E-state index < -0.39 is 0 Å². The second-order valence-electron chi connectivity index (χ2n) is 3.11. The Kier molecular flexibility index (Phi) is 2.52. The number of nitrogens with zero attached hydrogens (tertiary/aromatic N) is 2. The zero-order valence-corrected chi connectivity index (χ0v) is 7.66. The van der Waals surface area contributed by atoms with E-state index in [9.17, 15) is 0 Å². The molecule has 13 heavy (non-hydrogen) atoms. The zero-order valence-electron chi connectivity index (χ0n) is 7.66. The summed E-state index contributed by atoms with van der Waals surface area (Å²) in [7, 11) is 0. The molecule has 2 rings (SSSR count). The van der Waals surface area contributed by atoms with E-state index in [1.54, 1.807) is 6.20 Å². The van der Waals surface area contributed by atoms with Crippen molar-refractivity contribution in [3.05, 3.63) is 23.8 Å². The van der Waals surface area contributed by atoms with Crippen molar-refractivity contribution in [1.82, 2.24) is 15.3 Å². The van der Waals surface area contributed by atoms with E-state index in [0.29, 0.717) is 6.61 Å². The van der Waals surface area contributed by atoms with Gasteiger partial charge >= 0.3 is 0 Å². The summed E-state index contributed by atoms with van der Waals surface area (Å²) in [6.45, 7) is 4.29. The molecule has 0 aliphatic carbocycles. The molecule has 1 fully saturated rings. The van der Waals surface area contributed by atoms with Gasteiger partial charge in [0.1, 0.15) is 5.82 Å². The van der Waals surface area contributed by atoms with Gasteiger partial charge in [0.2, 0.25) is 0 Å². The maximum atomic E-state index is 5.35. The summed E-state index contributed by atoms with van der Waals surface area (Å²) in [6.07, 6.45) is 1.79. The number of hydrogen-bond donors (Lipinski definition) is 1. The molecule has 1 atom stereocenters. The fraction of sp³-hybridized carbons (Fsp3) is 0.556. The predicted octanol–water partition coefficient (Wildman–Crippen LogP) is 0.446. The van der Waals surface area contributed by atoms with Gasteiger partial charge in [-0.1, -0.05) is 0 Å². The molecule has 1 N–H and O–H groups in total. The highest BCUT2D eigenvalue weighted by atomic mass is 16.5. The van der Waals surface area contributed by atoms with Crippen LogP contribution in [-0.2, 0) is 4.74 Å². The molecule has 70 valence electrons. The number of morpholine rings is 1. The van der Waals surface area contributed by atoms with Crippen LogP contribution in [0.25, 0.3) is 0 Å². The number of aryl methyl sites for hydroxylation is 1. The highest BCUT2D eigenvalue weighted by Crippen LogP contribution is 2.12. The predicted molar refractivity (Wildman–Crippen MR) is 48.3 cm³/mol. The van der Waals surface area contributed by atoms with E-state index in [0.717, 1.165) is 24.7 Å². The zero-order chi connectivity index (χ0) is 9.10. The van der Waals surface area contributed by atoms with Crippen LogP contribution in [0.15, 0.2) is 12.3 Å². The number of ether oxygens (including phenoxy) is 1. The number of hydrogen-bond acceptors (Lipinski definition) is 4. The third-order valence-corrected chi connectivity index (χ3v) is 2.08. The number of aromatic nitrogens is 2. The van der Waals surface area contributed by atoms with Crippen LogP contribution < -0.4 is 5.32 Å². The summed E-state index contributed by atoms with van der Waals surface area (Å²) in [5.41, 5.74) is 1.02. The van der Waals surface area contributed by atoms with Crippen LogP contribution >= 0.6 is 0 Å². The van der Waals surface area contributed by atoms with Gasteiger partial charge in [0.25, 0.3) is 0 Å². The lowest BCUT2D eigenvalue weighted by molar-refractivity contribution is 0.0755. The molecule has 1 aliphatic rings. The Balaban J connectivity index is 2.14. The van der Waals surface area contributed by atoms with Crippen molar-refractivity contribution in [3.8, 4) is 0 Å². The van der Waals surface area contributed by atoms with Gasteiger partial charge in [0.15, 0.2) is 0 Å². The highest BCUT2D eigenvalue weighted by molar-refractivity contribution is 5.07. The second-order valence-corrected chi connectivity index (χ2v) is 3.11. The minimum atomic E-state index is 0.232. The minimum absolute atomic E-state index is 0.232. The van der Waals surface area contributed by atoms with Crippen LogP contribution in [0.5, 0.6) is 0 Å². The number of nitrogens with one attached hydrogen (secondary N) is 1. The van der Waals surface area contributed by atoms with Gasteiger partial charge in [-0.2, -0.15) is 0 Å². The van der Waals surface area contributed by atoms with Gasteiger partial charge in [-0.05, 0) is 13.0 Å². The van der Waals surface area contributed by atoms with Crippen molar-refractivity contribution in [2.75, 3.05) is 19.8 Å². The standard InChI is InChI=1S/C9H13N3O/c1-7-10-3-2-8(12-7)9-6-13-5-4-11-9/h2-3,9,11H,4-6H2,1H3. The van der Waals surface area contributed by atoms with Crippen LogP contribution in [0.3, 0.4) is 0 Å². The van der Waals surface area contributed by atoms with Crippen molar-refractivity contribution in [1.29, 1.82) is 0 Å². The van der Waals surface area contributed by atoms with E-state index in [2.05, 4.69) is 15.3 Å². The molecule has 1 aromatic rings. The molecule has 0 spiro atoms. The highest BCUT2D eigenvalue weighted by Gasteiger charge is 2.16. The molecular weight excluding hydrogens is 166 g/mol. The topological polar surface area (TPSA) is 47.0 Å². The average Bonchev–Trinajstić information content (AvgIpc) is 2.19. The van der Waals surface area contributed by atoms with Gasteiger partial charge in [-0.15, -0.1) is 0 Å². The molecule has 4 heteroatoms. The Morgan fingerprint density at radius 1 is 1.62 bits per heavy atom. The Labute approximate surface area is 77.4 Å². The molecule has 0 bridgehead atoms. The first kappa shape index (κ1) is 8.59. The van der Waals surface area contributed by atoms with Gasteiger partial charge in [-0.25, -0.2) is 9.97 Å². The van der Waals surface area contributed by atoms with E-state index in [1.165, 1.54) is 0 Å². The molecule has 1 aliphatic heterocycles. The van der Waals surface area contributed by atoms with Gasteiger partial charge in [-0.3, -0.25) is 0 Å². The first-order chi connectivity index (χ1) is 6.36. The molecule has 1 saturated heterocycles. The maximum absolute atomic E-state index is 5.35. The molecule has 1 aromatic heterocycles. The minimum Gasteiger partial charge on any atom is -0.378 e. The lowest BCUT2D eigenvalue weighted by Crippen LogP contribution is -2.35. The Bertz CT molecular complexity index is 284. The molecule has 0 aromatic carbocycles. The third kappa shape index (κ3) is 2.02. The fourth-order valence-electron chi connectivity index (χ4n) is 1.42. The van der Waals surface area contributed by atoms with Crippen molar-refractivity contribution in [2.45, 2.75) is 13.0 Å². The lowest BCUT2D eigenvalue weighted by Gasteiger charge is -2.23. The van der Waals surface area contributed by atoms with Gasteiger partial charge in [0, 0.05) is 12.7 Å². The number of rotatable bonds is 1. The van der Waals surface area contributed by atoms with Crippen molar-refractivity contribution in [3.63, 3.8) is 0 Å². The van der Waals surface area contributed by atoms with Crippen LogP contribution in [0.2, 0.25) is 0 Å². The van der Waals surface area contributed by atoms with Crippen LogP contribution in [0, 0.1) is 6.92 Å². The normalized spacial score (nSPS) is 23.0. The molecule has 0 radical (unpaired) electrons. The first-order valence-electron chi connectivity index (χ1n) is 4.47. The fourth-order valence-corrected chi connectivity index (χ4v) is 1.42. The first-order valence-corrected chi connectivity index (χ1v) is 4.47. The van der Waals surface area contributed by atoms with E-state index in [-0.39, 0.29) is 6.04 Å². The summed E-state index contributed by atoms with van der Waals surface area (Å²) >= 11 is 0. The summed E-state index contributed by atoms with van der Waals surface area (Å²) in [5, 5.41) is 3.35. The average molecular weight is 179 g/mol. The van der Waals surface area contributed by atoms with Crippen LogP contribution in [0.4, 0.5) is 0 Å². The summed E-state index contributed by atoms with van der Waals surface area (Å²) in [5.74, 6) is 0.810. The van der Waals surface area contributed by atoms with E-state index >= 15 is 0 Å². The monoisotopic (exact) mass is 179 g/mol. The van der Waals surface area contributed by atoms with Gasteiger partial charge in [0.05, 0.1) is 24.9 Å². The Morgan fingerprint density at radius 2 is 2.54 bits per heavy atom. The third-order valence-electron chi connectivity index (χ3n) is 2.08. The molecule has 0 amide bonds. The largest absolute Gasteiger partial charge is 0.378 e. The lowest BCUT2D eigenvalue weighted by atomic mass is 10.2. The van der Waals surface area contributed by atoms with Crippen molar-refractivity contribution < 1.29 is 4.74 Å². The van der Waals surface area contributed by atoms with Gasteiger partial charge < -0.3 is 10.1 Å². The van der Waals surface area contributed by atoms with Crippen LogP contribution in [-0.4, -0.2) is 29.7 Å². The van der Waals surface area contributed by atoms with Crippen molar-refractivity contribution >= 4 is 0 Å². The molecule has 2 heterocycles. The van der Waals surface area contributed by atoms with E-state index in [4.69, 9.17) is 4.74 Å². The van der Waals surface area contributed by atoms with Crippen molar-refractivity contribution in [2.24, 2.45) is 0 Å². The Morgan fingerprint density at radius 3 is 3.23 bits per heavy atom. The van der Waals surface area contributed by atoms with E-state index in [1.807, 2.05) is 13.0 Å². The summed E-state index contributed by atoms with van der Waals surface area (Å²) in [6, 6.07) is 2.16. The smallest absolute Gasteiger partial charge is 0.125 e. The van der Waals surface area contributed by atoms with Crippen LogP contribution in [0.1, 0.15) is 17.6 Å². The summed E-state index contributed by atoms with van der Waals surface area (Å²) in [4.78, 5) is 8.40. The second kappa shape index (κ2) is 3.81. The molecule has 4 nitrogen and oxygen atoms in total. The quantitative estimate of drug-likeness (QED) is 0.679. The maximum Gasteiger partial charge on any atom is 0.125 e. The molecule has 1 unspecified atom stereocenters. The summed E-state index contributed by atoms with van der Waals surface area (Å²) < 4.78 is 5.35. The Hall–Kier alpha value is -1.00. The molecule has 0 saturated carbocycles. The SMILES string of the molecule is Cc1nccc(C2COCCN2)n1.